The fourth-order valence-electron chi connectivity index (χ4n) is 2.14. The Kier molecular flexibility index (Phi) is 7.14. The molecule has 140 valence electrons. The molecule has 0 fully saturated rings. The lowest BCUT2D eigenvalue weighted by atomic mass is 10.2. The average Bonchev–Trinajstić information content (AvgIpc) is 2.66. The summed E-state index contributed by atoms with van der Waals surface area (Å²) in [6.45, 7) is 3.77. The number of nitrogen functional groups attached to an aromatic ring is 1. The third-order valence-electron chi connectivity index (χ3n) is 3.46. The van der Waals surface area contributed by atoms with Gasteiger partial charge in [-0.25, -0.2) is 14.8 Å². The van der Waals surface area contributed by atoms with Gasteiger partial charge in [0.25, 0.3) is 0 Å². The number of anilines is 2. The molecule has 0 bridgehead atoms. The summed E-state index contributed by atoms with van der Waals surface area (Å²) in [4.78, 5) is 32.4. The van der Waals surface area contributed by atoms with Crippen molar-refractivity contribution in [2.75, 3.05) is 17.7 Å². The highest BCUT2D eigenvalue weighted by atomic mass is 32.2. The molecule has 9 heteroatoms. The molecule has 1 aromatic carbocycles. The van der Waals surface area contributed by atoms with E-state index in [-0.39, 0.29) is 29.1 Å². The van der Waals surface area contributed by atoms with Crippen LogP contribution in [0.3, 0.4) is 0 Å². The molecule has 0 unspecified atom stereocenters. The predicted molar refractivity (Wildman–Crippen MR) is 102 cm³/mol. The monoisotopic (exact) mass is 385 g/mol. The molecule has 1 heterocycles. The Hall–Kier alpha value is -3.12. The number of nitriles is 1. The first-order valence-corrected chi connectivity index (χ1v) is 9.13. The molecule has 2 aromatic rings. The lowest BCUT2D eigenvalue weighted by Gasteiger charge is -2.14. The van der Waals surface area contributed by atoms with Crippen LogP contribution in [0.1, 0.15) is 36.2 Å². The van der Waals surface area contributed by atoms with Crippen LogP contribution in [0.15, 0.2) is 35.6 Å². The van der Waals surface area contributed by atoms with Crippen molar-refractivity contribution in [2.24, 2.45) is 0 Å². The zero-order valence-electron chi connectivity index (χ0n) is 14.9. The number of thioether (sulfide) groups is 1. The summed E-state index contributed by atoms with van der Waals surface area (Å²) in [5.74, 6) is -0.828. The van der Waals surface area contributed by atoms with Crippen LogP contribution in [0.2, 0.25) is 0 Å². The number of nitrogens with one attached hydrogen (secondary N) is 1. The maximum absolute atomic E-state index is 12.5. The van der Waals surface area contributed by atoms with Crippen molar-refractivity contribution in [3.05, 3.63) is 41.6 Å². The minimum absolute atomic E-state index is 0.00272. The number of ether oxygens (including phenoxy) is 1. The van der Waals surface area contributed by atoms with Gasteiger partial charge in [-0.3, -0.25) is 4.79 Å². The largest absolute Gasteiger partial charge is 0.462 e. The third-order valence-corrected chi connectivity index (χ3v) is 4.70. The molecular formula is C18H19N5O3S. The first kappa shape index (κ1) is 20.2. The summed E-state index contributed by atoms with van der Waals surface area (Å²) in [6.07, 6.45) is 1.82. The summed E-state index contributed by atoms with van der Waals surface area (Å²) in [5, 5.41) is 11.5. The lowest BCUT2D eigenvalue weighted by Crippen LogP contribution is -2.25. The number of rotatable bonds is 7. The SMILES string of the molecule is CCOC(=O)c1cnc(S[C@@H](CC)C(=O)Nc2cccc(C#N)c2)nc1N. The van der Waals surface area contributed by atoms with Crippen molar-refractivity contribution in [2.45, 2.75) is 30.7 Å². The quantitative estimate of drug-likeness (QED) is 0.422. The molecule has 0 aliphatic rings. The van der Waals surface area contributed by atoms with Gasteiger partial charge in [-0.1, -0.05) is 24.8 Å². The van der Waals surface area contributed by atoms with E-state index in [9.17, 15) is 9.59 Å². The Balaban J connectivity index is 2.09. The summed E-state index contributed by atoms with van der Waals surface area (Å²) in [6, 6.07) is 8.68. The van der Waals surface area contributed by atoms with Crippen LogP contribution in [0.5, 0.6) is 0 Å². The van der Waals surface area contributed by atoms with E-state index in [4.69, 9.17) is 15.7 Å². The molecule has 3 N–H and O–H groups in total. The molecule has 0 aliphatic carbocycles. The molecule has 0 spiro atoms. The second-order valence-corrected chi connectivity index (χ2v) is 6.54. The first-order chi connectivity index (χ1) is 13.0. The van der Waals surface area contributed by atoms with Gasteiger partial charge in [-0.2, -0.15) is 5.26 Å². The molecule has 2 rings (SSSR count). The normalized spacial score (nSPS) is 11.3. The van der Waals surface area contributed by atoms with E-state index in [0.29, 0.717) is 17.7 Å². The van der Waals surface area contributed by atoms with Crippen LogP contribution in [-0.2, 0) is 9.53 Å². The van der Waals surface area contributed by atoms with Crippen molar-refractivity contribution in [1.82, 2.24) is 9.97 Å². The van der Waals surface area contributed by atoms with Crippen molar-refractivity contribution >= 4 is 35.1 Å². The van der Waals surface area contributed by atoms with Gasteiger partial charge in [-0.15, -0.1) is 0 Å². The summed E-state index contributed by atoms with van der Waals surface area (Å²) in [5.41, 5.74) is 6.89. The van der Waals surface area contributed by atoms with Gasteiger partial charge in [0.05, 0.1) is 23.5 Å². The van der Waals surface area contributed by atoms with Crippen LogP contribution in [0, 0.1) is 11.3 Å². The Morgan fingerprint density at radius 3 is 2.81 bits per heavy atom. The van der Waals surface area contributed by atoms with Gasteiger partial charge in [-0.05, 0) is 31.5 Å². The molecule has 0 saturated heterocycles. The fraction of sp³-hybridized carbons (Fsp3) is 0.278. The van der Waals surface area contributed by atoms with Crippen LogP contribution in [0.25, 0.3) is 0 Å². The number of nitrogens with two attached hydrogens (primary N) is 1. The van der Waals surface area contributed by atoms with Crippen molar-refractivity contribution < 1.29 is 14.3 Å². The van der Waals surface area contributed by atoms with Gasteiger partial charge in [0.1, 0.15) is 11.4 Å². The first-order valence-electron chi connectivity index (χ1n) is 8.25. The molecule has 1 amide bonds. The highest BCUT2D eigenvalue weighted by Crippen LogP contribution is 2.25. The van der Waals surface area contributed by atoms with E-state index in [1.165, 1.54) is 6.20 Å². The standard InChI is InChI=1S/C18H19N5O3S/c1-3-14(16(24)22-12-7-5-6-11(8-12)9-19)27-18-21-10-13(15(20)23-18)17(25)26-4-2/h5-8,10,14H,3-4H2,1-2H3,(H,22,24)(H2,20,21,23)/t14-/m0/s1. The Labute approximate surface area is 161 Å². The van der Waals surface area contributed by atoms with E-state index in [1.54, 1.807) is 31.2 Å². The number of carbonyl (C=O) groups is 2. The fourth-order valence-corrected chi connectivity index (χ4v) is 2.99. The highest BCUT2D eigenvalue weighted by molar-refractivity contribution is 8.00. The topological polar surface area (TPSA) is 131 Å². The molecular weight excluding hydrogens is 366 g/mol. The van der Waals surface area contributed by atoms with E-state index in [1.807, 2.05) is 13.0 Å². The minimum Gasteiger partial charge on any atom is -0.462 e. The molecule has 8 nitrogen and oxygen atoms in total. The zero-order valence-corrected chi connectivity index (χ0v) is 15.7. The van der Waals surface area contributed by atoms with Crippen LogP contribution < -0.4 is 11.1 Å². The molecule has 27 heavy (non-hydrogen) atoms. The van der Waals surface area contributed by atoms with Crippen LogP contribution >= 0.6 is 11.8 Å². The molecule has 0 aliphatic heterocycles. The lowest BCUT2D eigenvalue weighted by molar-refractivity contribution is -0.115. The van der Waals surface area contributed by atoms with Gasteiger partial charge in [0.2, 0.25) is 5.91 Å². The number of amides is 1. The Morgan fingerprint density at radius 1 is 1.41 bits per heavy atom. The maximum atomic E-state index is 12.5. The van der Waals surface area contributed by atoms with Crippen molar-refractivity contribution in [1.29, 1.82) is 5.26 Å². The van der Waals surface area contributed by atoms with Gasteiger partial charge < -0.3 is 15.8 Å². The average molecular weight is 385 g/mol. The predicted octanol–water partition coefficient (Wildman–Crippen LogP) is 2.62. The Morgan fingerprint density at radius 2 is 2.19 bits per heavy atom. The minimum atomic E-state index is -0.589. The third kappa shape index (κ3) is 5.43. The summed E-state index contributed by atoms with van der Waals surface area (Å²) < 4.78 is 4.88. The van der Waals surface area contributed by atoms with Crippen molar-refractivity contribution in [3.63, 3.8) is 0 Å². The number of esters is 1. The van der Waals surface area contributed by atoms with E-state index >= 15 is 0 Å². The number of aromatic nitrogens is 2. The Bertz CT molecular complexity index is 882. The van der Waals surface area contributed by atoms with Crippen LogP contribution in [0.4, 0.5) is 11.5 Å². The van der Waals surface area contributed by atoms with E-state index in [2.05, 4.69) is 15.3 Å². The number of hydrogen-bond acceptors (Lipinski definition) is 8. The number of benzene rings is 1. The molecule has 0 saturated carbocycles. The van der Waals surface area contributed by atoms with Gasteiger partial charge in [0.15, 0.2) is 5.16 Å². The summed E-state index contributed by atoms with van der Waals surface area (Å²) in [7, 11) is 0. The van der Waals surface area contributed by atoms with Gasteiger partial charge in [0, 0.05) is 11.9 Å². The van der Waals surface area contributed by atoms with E-state index < -0.39 is 11.2 Å². The van der Waals surface area contributed by atoms with Gasteiger partial charge >= 0.3 is 5.97 Å². The smallest absolute Gasteiger partial charge is 0.343 e. The van der Waals surface area contributed by atoms with Crippen LogP contribution in [-0.4, -0.2) is 33.7 Å². The summed E-state index contributed by atoms with van der Waals surface area (Å²) >= 11 is 1.14. The number of carbonyl (C=O) groups excluding carboxylic acids is 2. The second kappa shape index (κ2) is 9.54. The number of hydrogen-bond donors (Lipinski definition) is 2. The molecule has 1 aromatic heterocycles. The molecule has 0 radical (unpaired) electrons. The van der Waals surface area contributed by atoms with Crippen molar-refractivity contribution in [3.8, 4) is 6.07 Å². The number of nitrogens with zero attached hydrogens (tertiary/aromatic N) is 3. The second-order valence-electron chi connectivity index (χ2n) is 5.37. The zero-order chi connectivity index (χ0) is 19.8. The van der Waals surface area contributed by atoms with E-state index in [0.717, 1.165) is 11.8 Å². The molecule has 1 atom stereocenters. The highest BCUT2D eigenvalue weighted by Gasteiger charge is 2.21. The maximum Gasteiger partial charge on any atom is 0.343 e.